The Bertz CT molecular complexity index is 889. The monoisotopic (exact) mass is 400 g/mol. The van der Waals surface area contributed by atoms with E-state index in [-0.39, 0.29) is 0 Å². The van der Waals surface area contributed by atoms with Gasteiger partial charge in [0.1, 0.15) is 0 Å². The zero-order valence-corrected chi connectivity index (χ0v) is 17.7. The van der Waals surface area contributed by atoms with Gasteiger partial charge < -0.3 is 5.11 Å². The molecule has 0 spiro atoms. The van der Waals surface area contributed by atoms with E-state index < -0.39 is 5.60 Å². The molecule has 3 aromatic carbocycles. The molecule has 0 aliphatic heterocycles. The van der Waals surface area contributed by atoms with Crippen molar-refractivity contribution >= 4 is 6.29 Å². The van der Waals surface area contributed by atoms with E-state index >= 15 is 0 Å². The average molecular weight is 401 g/mol. The van der Waals surface area contributed by atoms with Crippen LogP contribution in [-0.4, -0.2) is 11.4 Å². The van der Waals surface area contributed by atoms with Crippen molar-refractivity contribution in [3.8, 4) is 0 Å². The van der Waals surface area contributed by atoms with Crippen LogP contribution in [0.4, 0.5) is 0 Å². The molecule has 0 bridgehead atoms. The van der Waals surface area contributed by atoms with E-state index in [0.29, 0.717) is 17.4 Å². The Labute approximate surface area is 180 Å². The lowest BCUT2D eigenvalue weighted by Crippen LogP contribution is -2.30. The number of aldehydes is 1. The first-order valence-electron chi connectivity index (χ1n) is 11.1. The molecule has 156 valence electrons. The van der Waals surface area contributed by atoms with E-state index in [0.717, 1.165) is 24.8 Å². The summed E-state index contributed by atoms with van der Waals surface area (Å²) in [5.74, 6) is 0. The van der Waals surface area contributed by atoms with Crippen molar-refractivity contribution in [1.29, 1.82) is 0 Å². The normalized spacial score (nSPS) is 13.0. The summed E-state index contributed by atoms with van der Waals surface area (Å²) in [4.78, 5) is 11.9. The van der Waals surface area contributed by atoms with Crippen LogP contribution in [0.3, 0.4) is 0 Å². The number of unbranched alkanes of at least 4 members (excludes halogenated alkanes) is 5. The Morgan fingerprint density at radius 2 is 1.17 bits per heavy atom. The SMILES string of the molecule is O=CC(O)(c1ccccc1)c1ccccc1CCCCCCCCc1ccccc1. The first-order chi connectivity index (χ1) is 14.7. The zero-order valence-electron chi connectivity index (χ0n) is 17.7. The largest absolute Gasteiger partial charge is 0.373 e. The summed E-state index contributed by atoms with van der Waals surface area (Å²) < 4.78 is 0. The summed E-state index contributed by atoms with van der Waals surface area (Å²) in [6.45, 7) is 0. The average Bonchev–Trinajstić information content (AvgIpc) is 2.82. The Balaban J connectivity index is 1.47. The molecule has 3 aromatic rings. The van der Waals surface area contributed by atoms with E-state index in [1.807, 2.05) is 42.5 Å². The molecule has 0 radical (unpaired) electrons. The van der Waals surface area contributed by atoms with Gasteiger partial charge in [-0.1, -0.05) is 111 Å². The summed E-state index contributed by atoms with van der Waals surface area (Å²) in [5.41, 5.74) is 2.21. The molecule has 0 aliphatic rings. The minimum Gasteiger partial charge on any atom is -0.373 e. The highest BCUT2D eigenvalue weighted by Gasteiger charge is 2.32. The van der Waals surface area contributed by atoms with E-state index in [1.165, 1.54) is 37.7 Å². The smallest absolute Gasteiger partial charge is 0.170 e. The molecule has 2 heteroatoms. The predicted molar refractivity (Wildman–Crippen MR) is 123 cm³/mol. The first-order valence-corrected chi connectivity index (χ1v) is 11.1. The van der Waals surface area contributed by atoms with Gasteiger partial charge in [0.2, 0.25) is 0 Å². The zero-order chi connectivity index (χ0) is 21.1. The Kier molecular flexibility index (Phi) is 8.41. The Morgan fingerprint density at radius 1 is 0.633 bits per heavy atom. The van der Waals surface area contributed by atoms with Crippen LogP contribution in [-0.2, 0) is 23.2 Å². The summed E-state index contributed by atoms with van der Waals surface area (Å²) in [7, 11) is 0. The van der Waals surface area contributed by atoms with Crippen LogP contribution in [0.2, 0.25) is 0 Å². The second-order valence-corrected chi connectivity index (χ2v) is 8.01. The van der Waals surface area contributed by atoms with Crippen LogP contribution in [0.15, 0.2) is 84.9 Å². The van der Waals surface area contributed by atoms with Crippen molar-refractivity contribution < 1.29 is 9.90 Å². The molecule has 2 nitrogen and oxygen atoms in total. The van der Waals surface area contributed by atoms with Gasteiger partial charge in [0.25, 0.3) is 0 Å². The van der Waals surface area contributed by atoms with Crippen LogP contribution in [0, 0.1) is 0 Å². The van der Waals surface area contributed by atoms with Crippen molar-refractivity contribution in [3.63, 3.8) is 0 Å². The second kappa shape index (κ2) is 11.5. The van der Waals surface area contributed by atoms with Gasteiger partial charge in [-0.15, -0.1) is 0 Å². The number of benzene rings is 3. The van der Waals surface area contributed by atoms with Gasteiger partial charge in [-0.25, -0.2) is 0 Å². The quantitative estimate of drug-likeness (QED) is 0.288. The number of hydrogen-bond acceptors (Lipinski definition) is 2. The molecule has 1 unspecified atom stereocenters. The third kappa shape index (κ3) is 5.90. The molecule has 0 aromatic heterocycles. The highest BCUT2D eigenvalue weighted by molar-refractivity contribution is 5.73. The molecule has 1 atom stereocenters. The van der Waals surface area contributed by atoms with E-state index in [1.54, 1.807) is 12.1 Å². The maximum atomic E-state index is 11.9. The van der Waals surface area contributed by atoms with E-state index in [9.17, 15) is 9.90 Å². The molecule has 0 heterocycles. The third-order valence-electron chi connectivity index (χ3n) is 5.82. The third-order valence-corrected chi connectivity index (χ3v) is 5.82. The van der Waals surface area contributed by atoms with Crippen LogP contribution >= 0.6 is 0 Å². The molecule has 0 amide bonds. The lowest BCUT2D eigenvalue weighted by molar-refractivity contribution is -0.121. The number of carbonyl (C=O) groups excluding carboxylic acids is 1. The highest BCUT2D eigenvalue weighted by atomic mass is 16.3. The van der Waals surface area contributed by atoms with Gasteiger partial charge in [0.15, 0.2) is 11.9 Å². The van der Waals surface area contributed by atoms with Crippen LogP contribution in [0.1, 0.15) is 60.8 Å². The molecule has 0 aliphatic carbocycles. The van der Waals surface area contributed by atoms with Gasteiger partial charge in [-0.3, -0.25) is 4.79 Å². The van der Waals surface area contributed by atoms with Gasteiger partial charge in [-0.2, -0.15) is 0 Å². The lowest BCUT2D eigenvalue weighted by Gasteiger charge is -2.25. The van der Waals surface area contributed by atoms with Crippen molar-refractivity contribution in [1.82, 2.24) is 0 Å². The van der Waals surface area contributed by atoms with Crippen LogP contribution in [0.25, 0.3) is 0 Å². The summed E-state index contributed by atoms with van der Waals surface area (Å²) in [5, 5.41) is 11.2. The fourth-order valence-electron chi connectivity index (χ4n) is 4.09. The number of hydrogen-bond donors (Lipinski definition) is 1. The maximum Gasteiger partial charge on any atom is 0.170 e. The molecule has 1 N–H and O–H groups in total. The predicted octanol–water partition coefficient (Wildman–Crippen LogP) is 6.25. The number of aliphatic hydroxyl groups is 1. The van der Waals surface area contributed by atoms with Crippen LogP contribution < -0.4 is 0 Å². The standard InChI is InChI=1S/C28H32O2/c29-23-28(30,26-20-11-6-12-21-26)27-22-14-13-19-25(27)18-10-4-2-1-3-7-15-24-16-8-5-9-17-24/h5-6,8-9,11-14,16-17,19-23,30H,1-4,7,10,15,18H2. The summed E-state index contributed by atoms with van der Waals surface area (Å²) >= 11 is 0. The highest BCUT2D eigenvalue weighted by Crippen LogP contribution is 2.31. The fraction of sp³-hybridized carbons (Fsp3) is 0.321. The van der Waals surface area contributed by atoms with Gasteiger partial charge in [0, 0.05) is 0 Å². The van der Waals surface area contributed by atoms with Crippen molar-refractivity contribution in [3.05, 3.63) is 107 Å². The van der Waals surface area contributed by atoms with Gasteiger partial charge in [-0.05, 0) is 47.9 Å². The molecule has 0 saturated carbocycles. The second-order valence-electron chi connectivity index (χ2n) is 8.01. The van der Waals surface area contributed by atoms with E-state index in [4.69, 9.17) is 0 Å². The minimum atomic E-state index is -1.59. The summed E-state index contributed by atoms with van der Waals surface area (Å²) in [6.07, 6.45) is 9.95. The van der Waals surface area contributed by atoms with Gasteiger partial charge in [0.05, 0.1) is 0 Å². The number of carbonyl (C=O) groups is 1. The Morgan fingerprint density at radius 3 is 1.83 bits per heavy atom. The molecular weight excluding hydrogens is 368 g/mol. The number of aryl methyl sites for hydroxylation is 2. The molecular formula is C28H32O2. The molecule has 0 saturated heterocycles. The van der Waals surface area contributed by atoms with Crippen molar-refractivity contribution in [2.45, 2.75) is 57.0 Å². The van der Waals surface area contributed by atoms with Gasteiger partial charge >= 0.3 is 0 Å². The Hall–Kier alpha value is -2.71. The topological polar surface area (TPSA) is 37.3 Å². The van der Waals surface area contributed by atoms with Crippen molar-refractivity contribution in [2.24, 2.45) is 0 Å². The molecule has 0 fully saturated rings. The summed E-state index contributed by atoms with van der Waals surface area (Å²) in [6, 6.07) is 27.7. The van der Waals surface area contributed by atoms with Crippen molar-refractivity contribution in [2.75, 3.05) is 0 Å². The van der Waals surface area contributed by atoms with Crippen LogP contribution in [0.5, 0.6) is 0 Å². The first kappa shape index (κ1) is 22.0. The lowest BCUT2D eigenvalue weighted by atomic mass is 9.83. The molecule has 30 heavy (non-hydrogen) atoms. The number of rotatable bonds is 12. The van der Waals surface area contributed by atoms with E-state index in [2.05, 4.69) is 30.3 Å². The fourth-order valence-corrected chi connectivity index (χ4v) is 4.09. The molecule has 3 rings (SSSR count). The minimum absolute atomic E-state index is 0.617. The maximum absolute atomic E-state index is 11.9.